The lowest BCUT2D eigenvalue weighted by atomic mass is 9.96. The van der Waals surface area contributed by atoms with Crippen molar-refractivity contribution in [2.75, 3.05) is 7.11 Å². The van der Waals surface area contributed by atoms with Crippen LogP contribution in [0.3, 0.4) is 0 Å². The number of hydrogen-bond donors (Lipinski definition) is 1. The largest absolute Gasteiger partial charge is 0.493 e. The van der Waals surface area contributed by atoms with Crippen molar-refractivity contribution in [1.29, 1.82) is 0 Å². The summed E-state index contributed by atoms with van der Waals surface area (Å²) in [6.07, 6.45) is 9.19. The Bertz CT molecular complexity index is 810. The number of halogens is 3. The van der Waals surface area contributed by atoms with Crippen LogP contribution in [0.1, 0.15) is 56.1 Å². The average molecular weight is 485 g/mol. The summed E-state index contributed by atoms with van der Waals surface area (Å²) in [6.45, 7) is 1.03. The highest BCUT2D eigenvalue weighted by atomic mass is 79.9. The van der Waals surface area contributed by atoms with Crippen molar-refractivity contribution in [2.45, 2.75) is 64.1 Å². The molecule has 158 valence electrons. The van der Waals surface area contributed by atoms with Crippen molar-refractivity contribution < 1.29 is 13.9 Å². The van der Waals surface area contributed by atoms with E-state index in [0.717, 1.165) is 22.1 Å². The number of rotatable bonds is 7. The molecule has 1 saturated carbocycles. The van der Waals surface area contributed by atoms with Gasteiger partial charge < -0.3 is 14.8 Å². The van der Waals surface area contributed by atoms with Crippen molar-refractivity contribution in [3.05, 3.63) is 56.8 Å². The van der Waals surface area contributed by atoms with E-state index in [2.05, 4.69) is 27.3 Å². The van der Waals surface area contributed by atoms with E-state index in [0.29, 0.717) is 22.6 Å². The number of benzene rings is 2. The van der Waals surface area contributed by atoms with Crippen molar-refractivity contribution in [3.8, 4) is 11.5 Å². The second-order valence-electron chi connectivity index (χ2n) is 7.56. The molecule has 2 aromatic carbocycles. The summed E-state index contributed by atoms with van der Waals surface area (Å²) in [5, 5.41) is 4.05. The molecule has 0 radical (unpaired) electrons. The fourth-order valence-corrected chi connectivity index (χ4v) is 4.55. The second kappa shape index (κ2) is 11.2. The molecule has 1 N–H and O–H groups in total. The van der Waals surface area contributed by atoms with Gasteiger partial charge in [-0.1, -0.05) is 49.8 Å². The molecule has 6 heteroatoms. The molecule has 0 aromatic heterocycles. The van der Waals surface area contributed by atoms with Gasteiger partial charge in [0.1, 0.15) is 12.4 Å². The molecule has 1 fully saturated rings. The maximum atomic E-state index is 13.2. The first-order valence-corrected chi connectivity index (χ1v) is 11.4. The number of nitrogens with one attached hydrogen (secondary N) is 1. The van der Waals surface area contributed by atoms with Gasteiger partial charge in [0.2, 0.25) is 0 Å². The predicted molar refractivity (Wildman–Crippen MR) is 119 cm³/mol. The third-order valence-corrected chi connectivity index (χ3v) is 6.32. The molecule has 0 amide bonds. The molecule has 29 heavy (non-hydrogen) atoms. The van der Waals surface area contributed by atoms with Gasteiger partial charge in [-0.2, -0.15) is 0 Å². The Hall–Kier alpha value is -1.30. The molecule has 2 aromatic rings. The number of hydrogen-bond acceptors (Lipinski definition) is 3. The van der Waals surface area contributed by atoms with E-state index in [-0.39, 0.29) is 12.4 Å². The molecule has 0 atom stereocenters. The van der Waals surface area contributed by atoms with Crippen LogP contribution in [0.4, 0.5) is 4.39 Å². The van der Waals surface area contributed by atoms with E-state index in [1.807, 2.05) is 6.07 Å². The van der Waals surface area contributed by atoms with Crippen molar-refractivity contribution in [3.63, 3.8) is 0 Å². The first kappa shape index (κ1) is 22.4. The third kappa shape index (κ3) is 6.59. The third-order valence-electron chi connectivity index (χ3n) is 5.38. The van der Waals surface area contributed by atoms with Gasteiger partial charge in [-0.3, -0.25) is 0 Å². The van der Waals surface area contributed by atoms with Crippen molar-refractivity contribution in [2.24, 2.45) is 0 Å². The Morgan fingerprint density at radius 2 is 1.83 bits per heavy atom. The SMILES string of the molecule is COc1cc(CNC2CCCCCCC2)cc(Br)c1OCc1ccc(F)cc1Cl. The van der Waals surface area contributed by atoms with Gasteiger partial charge in [0.25, 0.3) is 0 Å². The minimum absolute atomic E-state index is 0.230. The molecule has 1 aliphatic carbocycles. The molecule has 0 bridgehead atoms. The van der Waals surface area contributed by atoms with E-state index < -0.39 is 0 Å². The van der Waals surface area contributed by atoms with E-state index in [4.69, 9.17) is 21.1 Å². The topological polar surface area (TPSA) is 30.5 Å². The molecule has 0 unspecified atom stereocenters. The van der Waals surface area contributed by atoms with Crippen LogP contribution in [0.25, 0.3) is 0 Å². The fourth-order valence-electron chi connectivity index (χ4n) is 3.73. The first-order chi connectivity index (χ1) is 14.1. The summed E-state index contributed by atoms with van der Waals surface area (Å²) in [6, 6.07) is 8.93. The van der Waals surface area contributed by atoms with Crippen LogP contribution < -0.4 is 14.8 Å². The molecular formula is C23H28BrClFNO2. The van der Waals surface area contributed by atoms with Crippen LogP contribution in [0.15, 0.2) is 34.8 Å². The predicted octanol–water partition coefficient (Wildman–Crippen LogP) is 7.03. The molecule has 1 aliphatic rings. The highest BCUT2D eigenvalue weighted by Gasteiger charge is 2.15. The second-order valence-corrected chi connectivity index (χ2v) is 8.82. The van der Waals surface area contributed by atoms with Crippen LogP contribution in [-0.2, 0) is 13.2 Å². The summed E-state index contributed by atoms with van der Waals surface area (Å²) in [4.78, 5) is 0. The first-order valence-electron chi connectivity index (χ1n) is 10.2. The van der Waals surface area contributed by atoms with Crippen molar-refractivity contribution in [1.82, 2.24) is 5.32 Å². The summed E-state index contributed by atoms with van der Waals surface area (Å²) in [5.74, 6) is 0.910. The average Bonchev–Trinajstić information content (AvgIpc) is 2.67. The van der Waals surface area contributed by atoms with E-state index in [9.17, 15) is 4.39 Å². The summed E-state index contributed by atoms with van der Waals surface area (Å²) < 4.78 is 25.6. The quantitative estimate of drug-likeness (QED) is 0.457. The lowest BCUT2D eigenvalue weighted by Crippen LogP contribution is -2.29. The van der Waals surface area contributed by atoms with Crippen molar-refractivity contribution >= 4 is 27.5 Å². The van der Waals surface area contributed by atoms with Gasteiger partial charge in [-0.05, 0) is 58.6 Å². The van der Waals surface area contributed by atoms with Crippen LogP contribution >= 0.6 is 27.5 Å². The van der Waals surface area contributed by atoms with Gasteiger partial charge in [0.15, 0.2) is 11.5 Å². The zero-order chi connectivity index (χ0) is 20.6. The normalized spacial score (nSPS) is 15.6. The van der Waals surface area contributed by atoms with Crippen LogP contribution in [0.5, 0.6) is 11.5 Å². The highest BCUT2D eigenvalue weighted by Crippen LogP contribution is 2.37. The van der Waals surface area contributed by atoms with Gasteiger partial charge in [0.05, 0.1) is 16.6 Å². The lowest BCUT2D eigenvalue weighted by Gasteiger charge is -2.21. The zero-order valence-corrected chi connectivity index (χ0v) is 19.1. The molecule has 0 heterocycles. The van der Waals surface area contributed by atoms with E-state index >= 15 is 0 Å². The van der Waals surface area contributed by atoms with Gasteiger partial charge >= 0.3 is 0 Å². The van der Waals surface area contributed by atoms with Crippen LogP contribution in [0.2, 0.25) is 5.02 Å². The molecule has 3 rings (SSSR count). The maximum absolute atomic E-state index is 13.2. The number of methoxy groups -OCH3 is 1. The maximum Gasteiger partial charge on any atom is 0.175 e. The molecule has 0 saturated heterocycles. The van der Waals surface area contributed by atoms with Gasteiger partial charge in [-0.15, -0.1) is 0 Å². The minimum atomic E-state index is -0.362. The summed E-state index contributed by atoms with van der Waals surface area (Å²) in [5.41, 5.74) is 1.86. The Morgan fingerprint density at radius 1 is 1.10 bits per heavy atom. The lowest BCUT2D eigenvalue weighted by molar-refractivity contribution is 0.282. The summed E-state index contributed by atoms with van der Waals surface area (Å²) >= 11 is 9.71. The minimum Gasteiger partial charge on any atom is -0.493 e. The van der Waals surface area contributed by atoms with Gasteiger partial charge in [-0.25, -0.2) is 4.39 Å². The van der Waals surface area contributed by atoms with Crippen LogP contribution in [0, 0.1) is 5.82 Å². The summed E-state index contributed by atoms with van der Waals surface area (Å²) in [7, 11) is 1.63. The van der Waals surface area contributed by atoms with Crippen LogP contribution in [-0.4, -0.2) is 13.2 Å². The Labute approximate surface area is 186 Å². The smallest absolute Gasteiger partial charge is 0.175 e. The Balaban J connectivity index is 1.65. The van der Waals surface area contributed by atoms with E-state index in [1.165, 1.54) is 57.1 Å². The van der Waals surface area contributed by atoms with E-state index in [1.54, 1.807) is 13.2 Å². The molecule has 0 aliphatic heterocycles. The van der Waals surface area contributed by atoms with Gasteiger partial charge in [0, 0.05) is 18.2 Å². The Kier molecular flexibility index (Phi) is 8.64. The fraction of sp³-hybridized carbons (Fsp3) is 0.478. The zero-order valence-electron chi connectivity index (χ0n) is 16.8. The number of ether oxygens (including phenoxy) is 2. The highest BCUT2D eigenvalue weighted by molar-refractivity contribution is 9.10. The molecule has 3 nitrogen and oxygen atoms in total. The monoisotopic (exact) mass is 483 g/mol. The Morgan fingerprint density at radius 3 is 2.52 bits per heavy atom. The molecular weight excluding hydrogens is 457 g/mol. The standard InChI is InChI=1S/C23H28BrClFNO2/c1-28-22-12-16(14-27-19-7-5-3-2-4-6-8-19)11-20(24)23(22)29-15-17-9-10-18(26)13-21(17)25/h9-13,19,27H,2-8,14-15H2,1H3. The molecule has 0 spiro atoms.